The van der Waals surface area contributed by atoms with Crippen molar-refractivity contribution < 1.29 is 9.90 Å². The minimum absolute atomic E-state index is 0.111. The Morgan fingerprint density at radius 1 is 1.14 bits per heavy atom. The number of carboxylic acid groups (broad SMARTS) is 1. The number of carbonyl (C=O) groups is 1. The second kappa shape index (κ2) is 7.41. The number of amides is 1. The van der Waals surface area contributed by atoms with E-state index < -0.39 is 6.09 Å². The highest BCUT2D eigenvalue weighted by atomic mass is 35.5. The van der Waals surface area contributed by atoms with Crippen LogP contribution in [0, 0.1) is 0 Å². The van der Waals surface area contributed by atoms with Crippen molar-refractivity contribution in [3.05, 3.63) is 71.6 Å². The zero-order valence-electron chi connectivity index (χ0n) is 14.4. The number of thiocarbonyl (C=S) groups is 1. The van der Waals surface area contributed by atoms with E-state index in [0.29, 0.717) is 28.8 Å². The van der Waals surface area contributed by atoms with E-state index in [-0.39, 0.29) is 5.28 Å². The monoisotopic (exact) mass is 411 g/mol. The Hall–Kier alpha value is -3.23. The first kappa shape index (κ1) is 18.1. The van der Waals surface area contributed by atoms with Gasteiger partial charge in [-0.25, -0.2) is 9.78 Å². The van der Waals surface area contributed by atoms with Gasteiger partial charge in [0.2, 0.25) is 5.28 Å². The first-order valence-corrected chi connectivity index (χ1v) is 9.09. The number of benzene rings is 2. The van der Waals surface area contributed by atoms with Crippen LogP contribution in [-0.2, 0) is 6.54 Å². The number of aromatic nitrogens is 2. The van der Waals surface area contributed by atoms with Crippen molar-refractivity contribution in [3.8, 4) is 0 Å². The van der Waals surface area contributed by atoms with Gasteiger partial charge in [0, 0.05) is 23.1 Å². The number of halogens is 1. The molecule has 0 aliphatic carbocycles. The fourth-order valence-electron chi connectivity index (χ4n) is 3.02. The lowest BCUT2D eigenvalue weighted by Crippen LogP contribution is -2.45. The molecule has 140 valence electrons. The van der Waals surface area contributed by atoms with Crippen molar-refractivity contribution in [3.63, 3.8) is 0 Å². The fourth-order valence-corrected chi connectivity index (χ4v) is 3.51. The standard InChI is InChI=1S/C19H14ClN5O2S/c20-17-21-10-12-11-24(14-6-2-1-3-7-14)19(28)25(16(12)23-17)15-8-4-5-13(9-15)22-18(26)27/h1-10,22H,11H2,(H,26,27). The average molecular weight is 412 g/mol. The van der Waals surface area contributed by atoms with Crippen molar-refractivity contribution in [2.75, 3.05) is 15.1 Å². The summed E-state index contributed by atoms with van der Waals surface area (Å²) in [5.41, 5.74) is 2.86. The highest BCUT2D eigenvalue weighted by Crippen LogP contribution is 2.36. The topological polar surface area (TPSA) is 81.6 Å². The van der Waals surface area contributed by atoms with Crippen LogP contribution in [0.1, 0.15) is 5.56 Å². The molecule has 1 aliphatic rings. The van der Waals surface area contributed by atoms with Gasteiger partial charge < -0.3 is 10.0 Å². The predicted octanol–water partition coefficient (Wildman–Crippen LogP) is 4.66. The van der Waals surface area contributed by atoms with Crippen LogP contribution in [0.25, 0.3) is 0 Å². The maximum Gasteiger partial charge on any atom is 0.409 e. The van der Waals surface area contributed by atoms with Gasteiger partial charge in [-0.1, -0.05) is 24.3 Å². The van der Waals surface area contributed by atoms with Gasteiger partial charge in [0.25, 0.3) is 0 Å². The van der Waals surface area contributed by atoms with Crippen molar-refractivity contribution in [2.45, 2.75) is 6.54 Å². The van der Waals surface area contributed by atoms with Crippen molar-refractivity contribution in [1.29, 1.82) is 0 Å². The van der Waals surface area contributed by atoms with Gasteiger partial charge in [-0.2, -0.15) is 4.98 Å². The molecule has 1 aliphatic heterocycles. The molecular formula is C19H14ClN5O2S. The molecule has 0 radical (unpaired) electrons. The van der Waals surface area contributed by atoms with Crippen LogP contribution >= 0.6 is 23.8 Å². The first-order valence-electron chi connectivity index (χ1n) is 8.31. The Bertz CT molecular complexity index is 1060. The molecule has 2 heterocycles. The van der Waals surface area contributed by atoms with Gasteiger partial charge in [-0.15, -0.1) is 0 Å². The summed E-state index contributed by atoms with van der Waals surface area (Å²) >= 11 is 11.8. The molecule has 7 nitrogen and oxygen atoms in total. The normalized spacial score (nSPS) is 13.2. The molecule has 1 aromatic heterocycles. The van der Waals surface area contributed by atoms with Gasteiger partial charge in [-0.05, 0) is 54.2 Å². The summed E-state index contributed by atoms with van der Waals surface area (Å²) < 4.78 is 0. The number of anilines is 4. The van der Waals surface area contributed by atoms with Gasteiger partial charge in [0.05, 0.1) is 12.2 Å². The predicted molar refractivity (Wildman–Crippen MR) is 112 cm³/mol. The van der Waals surface area contributed by atoms with Crippen molar-refractivity contribution in [2.24, 2.45) is 0 Å². The summed E-state index contributed by atoms with van der Waals surface area (Å²) in [7, 11) is 0. The number of nitrogens with one attached hydrogen (secondary N) is 1. The van der Waals surface area contributed by atoms with Gasteiger partial charge in [0.1, 0.15) is 5.82 Å². The molecule has 0 spiro atoms. The Kier molecular flexibility index (Phi) is 4.81. The van der Waals surface area contributed by atoms with Gasteiger partial charge in [0.15, 0.2) is 5.11 Å². The summed E-state index contributed by atoms with van der Waals surface area (Å²) in [4.78, 5) is 23.2. The summed E-state index contributed by atoms with van der Waals surface area (Å²) in [6, 6.07) is 16.7. The van der Waals surface area contributed by atoms with Crippen LogP contribution in [0.4, 0.5) is 27.7 Å². The molecule has 0 bridgehead atoms. The third-order valence-electron chi connectivity index (χ3n) is 4.20. The van der Waals surface area contributed by atoms with E-state index in [9.17, 15) is 4.79 Å². The molecule has 3 aromatic rings. The third-order valence-corrected chi connectivity index (χ3v) is 4.78. The molecular weight excluding hydrogens is 398 g/mol. The van der Waals surface area contributed by atoms with E-state index >= 15 is 0 Å². The maximum atomic E-state index is 11.0. The quantitative estimate of drug-likeness (QED) is 0.479. The minimum atomic E-state index is -1.14. The summed E-state index contributed by atoms with van der Waals surface area (Å²) in [5.74, 6) is 0.574. The second-order valence-electron chi connectivity index (χ2n) is 6.01. The number of fused-ring (bicyclic) bond motifs is 1. The molecule has 4 rings (SSSR count). The number of rotatable bonds is 3. The van der Waals surface area contributed by atoms with E-state index in [1.165, 1.54) is 0 Å². The van der Waals surface area contributed by atoms with Crippen LogP contribution in [-0.4, -0.2) is 26.3 Å². The molecule has 2 aromatic carbocycles. The minimum Gasteiger partial charge on any atom is -0.465 e. The van der Waals surface area contributed by atoms with Gasteiger partial charge in [-0.3, -0.25) is 10.2 Å². The van der Waals surface area contributed by atoms with Gasteiger partial charge >= 0.3 is 6.09 Å². The Labute approximate surface area is 171 Å². The second-order valence-corrected chi connectivity index (χ2v) is 6.71. The number of hydrogen-bond acceptors (Lipinski definition) is 4. The van der Waals surface area contributed by atoms with Crippen molar-refractivity contribution in [1.82, 2.24) is 9.97 Å². The first-order chi connectivity index (χ1) is 13.5. The van der Waals surface area contributed by atoms with E-state index in [2.05, 4.69) is 15.3 Å². The highest BCUT2D eigenvalue weighted by Gasteiger charge is 2.31. The molecule has 0 unspecified atom stereocenters. The Morgan fingerprint density at radius 2 is 1.89 bits per heavy atom. The van der Waals surface area contributed by atoms with Crippen LogP contribution in [0.3, 0.4) is 0 Å². The number of hydrogen-bond donors (Lipinski definition) is 2. The lowest BCUT2D eigenvalue weighted by Gasteiger charge is -2.38. The van der Waals surface area contributed by atoms with Crippen LogP contribution in [0.5, 0.6) is 0 Å². The zero-order valence-corrected chi connectivity index (χ0v) is 16.0. The lowest BCUT2D eigenvalue weighted by atomic mass is 10.1. The average Bonchev–Trinajstić information content (AvgIpc) is 2.68. The molecule has 1 amide bonds. The van der Waals surface area contributed by atoms with E-state index in [0.717, 1.165) is 11.3 Å². The smallest absolute Gasteiger partial charge is 0.409 e. The summed E-state index contributed by atoms with van der Waals surface area (Å²) in [6.45, 7) is 0.499. The SMILES string of the molecule is O=C(O)Nc1cccc(N2C(=S)N(c3ccccc3)Cc3cnc(Cl)nc32)c1. The highest BCUT2D eigenvalue weighted by molar-refractivity contribution is 7.80. The zero-order chi connectivity index (χ0) is 19.7. The molecule has 0 atom stereocenters. The summed E-state index contributed by atoms with van der Waals surface area (Å²) in [6.07, 6.45) is 0.532. The van der Waals surface area contributed by atoms with E-state index in [4.69, 9.17) is 28.9 Å². The largest absolute Gasteiger partial charge is 0.465 e. The maximum absolute atomic E-state index is 11.0. The van der Waals surface area contributed by atoms with Crippen LogP contribution < -0.4 is 15.1 Å². The van der Waals surface area contributed by atoms with Crippen LogP contribution in [0.15, 0.2) is 60.8 Å². The third kappa shape index (κ3) is 3.47. The Balaban J connectivity index is 1.83. The lowest BCUT2D eigenvalue weighted by molar-refractivity contribution is 0.210. The summed E-state index contributed by atoms with van der Waals surface area (Å²) in [5, 5.41) is 12.0. The number of para-hydroxylation sites is 1. The Morgan fingerprint density at radius 3 is 2.64 bits per heavy atom. The molecule has 0 saturated heterocycles. The molecule has 28 heavy (non-hydrogen) atoms. The molecule has 9 heteroatoms. The fraction of sp³-hybridized carbons (Fsp3) is 0.0526. The van der Waals surface area contributed by atoms with E-state index in [1.807, 2.05) is 41.3 Å². The van der Waals surface area contributed by atoms with Crippen LogP contribution in [0.2, 0.25) is 5.28 Å². The van der Waals surface area contributed by atoms with Crippen molar-refractivity contribution >= 4 is 57.9 Å². The van der Waals surface area contributed by atoms with E-state index in [1.54, 1.807) is 29.3 Å². The molecule has 2 N–H and O–H groups in total. The molecule has 0 fully saturated rings. The number of nitrogens with zero attached hydrogens (tertiary/aromatic N) is 4. The molecule has 0 saturated carbocycles.